The van der Waals surface area contributed by atoms with Crippen LogP contribution in [0.15, 0.2) is 48.6 Å². The molecule has 0 aliphatic heterocycles. The fourth-order valence-corrected chi connectivity index (χ4v) is 8.31. The summed E-state index contributed by atoms with van der Waals surface area (Å²) in [4.78, 5) is 27.4. The highest BCUT2D eigenvalue weighted by Gasteiger charge is 2.24. The standard InChI is InChI=1S/C58H106O3/c1-5-9-13-17-21-25-27-29-31-33-37-41-45-49-53-55(51-47-43-39-35-23-19-15-11-7-3)57(59)61-58(60)56(52-48-44-40-36-24-20-16-12-8-4)54-50-46-42-38-34-32-30-28-26-22-18-14-10-6-2/h29-32,47-48,51-52,55-56H,5-28,33-46,49-50,53-54H2,1-4H3. The molecule has 2 unspecified atom stereocenters. The molecule has 0 radical (unpaired) electrons. The summed E-state index contributed by atoms with van der Waals surface area (Å²) in [7, 11) is 0. The summed E-state index contributed by atoms with van der Waals surface area (Å²) in [5.74, 6) is -1.34. The zero-order valence-electron chi connectivity index (χ0n) is 41.7. The number of carbonyl (C=O) groups is 2. The van der Waals surface area contributed by atoms with Crippen LogP contribution in [0.25, 0.3) is 0 Å². The maximum absolute atomic E-state index is 13.7. The first kappa shape index (κ1) is 59.1. The van der Waals surface area contributed by atoms with Crippen molar-refractivity contribution in [2.24, 2.45) is 11.8 Å². The van der Waals surface area contributed by atoms with Crippen LogP contribution in [0.3, 0.4) is 0 Å². The molecule has 0 N–H and O–H groups in total. The zero-order valence-corrected chi connectivity index (χ0v) is 41.7. The van der Waals surface area contributed by atoms with Crippen LogP contribution in [-0.2, 0) is 14.3 Å². The molecule has 2 atom stereocenters. The van der Waals surface area contributed by atoms with E-state index in [1.54, 1.807) is 0 Å². The molecule has 0 aromatic carbocycles. The molecule has 0 aliphatic rings. The van der Waals surface area contributed by atoms with Crippen LogP contribution in [-0.4, -0.2) is 11.9 Å². The third kappa shape index (κ3) is 44.5. The fourth-order valence-electron chi connectivity index (χ4n) is 8.31. The Kier molecular flexibility index (Phi) is 49.2. The van der Waals surface area contributed by atoms with Crippen molar-refractivity contribution in [3.8, 4) is 0 Å². The van der Waals surface area contributed by atoms with Gasteiger partial charge in [-0.1, -0.05) is 256 Å². The first-order valence-electron chi connectivity index (χ1n) is 27.5. The average Bonchev–Trinajstić information content (AvgIpc) is 3.26. The zero-order chi connectivity index (χ0) is 44.4. The van der Waals surface area contributed by atoms with Crippen LogP contribution in [0.1, 0.15) is 297 Å². The van der Waals surface area contributed by atoms with Crippen LogP contribution < -0.4 is 0 Å². The molecular formula is C58H106O3. The smallest absolute Gasteiger partial charge is 0.320 e. The van der Waals surface area contributed by atoms with Crippen LogP contribution in [0.5, 0.6) is 0 Å². The molecule has 0 aliphatic carbocycles. The van der Waals surface area contributed by atoms with Gasteiger partial charge in [0.25, 0.3) is 0 Å². The third-order valence-corrected chi connectivity index (χ3v) is 12.5. The van der Waals surface area contributed by atoms with E-state index in [4.69, 9.17) is 4.74 Å². The molecule has 0 rings (SSSR count). The molecule has 3 nitrogen and oxygen atoms in total. The predicted octanol–water partition coefficient (Wildman–Crippen LogP) is 20.0. The van der Waals surface area contributed by atoms with Gasteiger partial charge in [-0.25, -0.2) is 0 Å². The van der Waals surface area contributed by atoms with Crippen molar-refractivity contribution in [2.75, 3.05) is 0 Å². The molecule has 3 heteroatoms. The van der Waals surface area contributed by atoms with E-state index in [1.807, 2.05) is 0 Å². The molecule has 0 amide bonds. The summed E-state index contributed by atoms with van der Waals surface area (Å²) in [6.45, 7) is 9.09. The van der Waals surface area contributed by atoms with Crippen molar-refractivity contribution in [3.05, 3.63) is 48.6 Å². The van der Waals surface area contributed by atoms with Gasteiger partial charge in [-0.15, -0.1) is 0 Å². The number of esters is 2. The summed E-state index contributed by atoms with van der Waals surface area (Å²) in [5, 5.41) is 0. The first-order chi connectivity index (χ1) is 30.1. The number of rotatable bonds is 48. The van der Waals surface area contributed by atoms with Gasteiger partial charge < -0.3 is 4.74 Å². The third-order valence-electron chi connectivity index (χ3n) is 12.5. The minimum absolute atomic E-state index is 0.336. The topological polar surface area (TPSA) is 43.4 Å². The van der Waals surface area contributed by atoms with E-state index in [0.717, 1.165) is 77.0 Å². The van der Waals surface area contributed by atoms with Gasteiger partial charge >= 0.3 is 11.9 Å². The van der Waals surface area contributed by atoms with Crippen LogP contribution >= 0.6 is 0 Å². The summed E-state index contributed by atoms with van der Waals surface area (Å²) in [6.07, 6.45) is 69.6. The number of hydrogen-bond acceptors (Lipinski definition) is 3. The van der Waals surface area contributed by atoms with Crippen molar-refractivity contribution in [3.63, 3.8) is 0 Å². The lowest BCUT2D eigenvalue weighted by atomic mass is 9.97. The van der Waals surface area contributed by atoms with E-state index < -0.39 is 0 Å². The van der Waals surface area contributed by atoms with Crippen molar-refractivity contribution in [1.82, 2.24) is 0 Å². The van der Waals surface area contributed by atoms with Gasteiger partial charge in [-0.3, -0.25) is 9.59 Å². The highest BCUT2D eigenvalue weighted by Crippen LogP contribution is 2.21. The van der Waals surface area contributed by atoms with E-state index >= 15 is 0 Å². The van der Waals surface area contributed by atoms with Crippen molar-refractivity contribution in [2.45, 2.75) is 297 Å². The Labute approximate surface area is 382 Å². The second-order valence-electron chi connectivity index (χ2n) is 18.7. The highest BCUT2D eigenvalue weighted by atomic mass is 16.6. The molecule has 356 valence electrons. The average molecular weight is 851 g/mol. The van der Waals surface area contributed by atoms with Crippen molar-refractivity contribution < 1.29 is 14.3 Å². The summed E-state index contributed by atoms with van der Waals surface area (Å²) < 4.78 is 5.78. The summed E-state index contributed by atoms with van der Waals surface area (Å²) >= 11 is 0. The minimum Gasteiger partial charge on any atom is -0.392 e. The van der Waals surface area contributed by atoms with Gasteiger partial charge in [-0.2, -0.15) is 0 Å². The Balaban J connectivity index is 5.10. The first-order valence-corrected chi connectivity index (χ1v) is 27.5. The lowest BCUT2D eigenvalue weighted by molar-refractivity contribution is -0.163. The molecule has 0 bridgehead atoms. The predicted molar refractivity (Wildman–Crippen MR) is 271 cm³/mol. The second-order valence-corrected chi connectivity index (χ2v) is 18.7. The Hall–Kier alpha value is -1.90. The Bertz CT molecular complexity index is 940. The number of allylic oxidation sites excluding steroid dienone is 6. The lowest BCUT2D eigenvalue weighted by Gasteiger charge is -2.15. The molecule has 0 fully saturated rings. The van der Waals surface area contributed by atoms with Gasteiger partial charge in [0.05, 0.1) is 11.8 Å². The lowest BCUT2D eigenvalue weighted by Crippen LogP contribution is -2.24. The molecule has 0 aromatic rings. The molecule has 0 spiro atoms. The molecule has 0 saturated heterocycles. The minimum atomic E-state index is -0.336. The van der Waals surface area contributed by atoms with E-state index in [-0.39, 0.29) is 23.8 Å². The normalized spacial score (nSPS) is 13.1. The van der Waals surface area contributed by atoms with Crippen LogP contribution in [0.2, 0.25) is 0 Å². The van der Waals surface area contributed by atoms with Gasteiger partial charge in [0, 0.05) is 0 Å². The number of ether oxygens (including phenoxy) is 1. The van der Waals surface area contributed by atoms with E-state index in [1.165, 1.54) is 193 Å². The van der Waals surface area contributed by atoms with E-state index in [2.05, 4.69) is 76.3 Å². The van der Waals surface area contributed by atoms with Crippen LogP contribution in [0, 0.1) is 11.8 Å². The maximum atomic E-state index is 13.7. The number of carbonyl (C=O) groups excluding carboxylic acids is 2. The quantitative estimate of drug-likeness (QED) is 0.0265. The van der Waals surface area contributed by atoms with E-state index in [9.17, 15) is 9.59 Å². The molecule has 0 heterocycles. The fraction of sp³-hybridized carbons (Fsp3) is 0.828. The summed E-state index contributed by atoms with van der Waals surface area (Å²) in [6, 6.07) is 0. The molecule has 0 saturated carbocycles. The molecule has 61 heavy (non-hydrogen) atoms. The Morgan fingerprint density at radius 1 is 0.295 bits per heavy atom. The largest absolute Gasteiger partial charge is 0.392 e. The Morgan fingerprint density at radius 2 is 0.508 bits per heavy atom. The SMILES string of the molecule is CCCCCCCCC=CCCCCCCC(C=CCCCCCCCCC)C(=O)OC(=O)C(C=CCCCCCCCCC)CCCCCCC=CCCCCCCCC. The second kappa shape index (κ2) is 50.7. The van der Waals surface area contributed by atoms with Gasteiger partial charge in [0.1, 0.15) is 0 Å². The van der Waals surface area contributed by atoms with Gasteiger partial charge in [0.15, 0.2) is 0 Å². The molecular weight excluding hydrogens is 745 g/mol. The number of hydrogen-bond donors (Lipinski definition) is 0. The maximum Gasteiger partial charge on any atom is 0.320 e. The molecule has 0 aromatic heterocycles. The van der Waals surface area contributed by atoms with Crippen LogP contribution in [0.4, 0.5) is 0 Å². The summed E-state index contributed by atoms with van der Waals surface area (Å²) in [5.41, 5.74) is 0. The van der Waals surface area contributed by atoms with Crippen molar-refractivity contribution in [1.29, 1.82) is 0 Å². The van der Waals surface area contributed by atoms with Crippen molar-refractivity contribution >= 4 is 11.9 Å². The van der Waals surface area contributed by atoms with E-state index in [0.29, 0.717) is 0 Å². The number of unbranched alkanes of at least 4 members (excludes halogenated alkanes) is 34. The Morgan fingerprint density at radius 3 is 0.770 bits per heavy atom. The monoisotopic (exact) mass is 851 g/mol. The van der Waals surface area contributed by atoms with Gasteiger partial charge in [0.2, 0.25) is 0 Å². The highest BCUT2D eigenvalue weighted by molar-refractivity contribution is 5.89. The van der Waals surface area contributed by atoms with Gasteiger partial charge in [-0.05, 0) is 89.9 Å².